The highest BCUT2D eigenvalue weighted by atomic mass is 16.3. The smallest absolute Gasteiger partial charge is 0.123 e. The van der Waals surface area contributed by atoms with Crippen LogP contribution in [0.2, 0.25) is 0 Å². The number of aromatic hydroxyl groups is 1. The van der Waals surface area contributed by atoms with Gasteiger partial charge in [-0.15, -0.1) is 0 Å². The molecule has 1 saturated carbocycles. The maximum absolute atomic E-state index is 10.6. The summed E-state index contributed by atoms with van der Waals surface area (Å²) in [6, 6.07) is 6.78. The van der Waals surface area contributed by atoms with E-state index in [0.29, 0.717) is 48.5 Å². The zero-order valence-electron chi connectivity index (χ0n) is 19.8. The zero-order valence-corrected chi connectivity index (χ0v) is 19.8. The molecule has 4 heteroatoms. The minimum Gasteiger partial charge on any atom is -0.508 e. The van der Waals surface area contributed by atoms with Gasteiger partial charge in [-0.3, -0.25) is 0 Å². The summed E-state index contributed by atoms with van der Waals surface area (Å²) in [4.78, 5) is 0. The lowest BCUT2D eigenvalue weighted by molar-refractivity contribution is 0.285. The first kappa shape index (κ1) is 24.5. The van der Waals surface area contributed by atoms with Crippen LogP contribution in [0.4, 0.5) is 0 Å². The van der Waals surface area contributed by atoms with E-state index < -0.39 is 0 Å². The van der Waals surface area contributed by atoms with Gasteiger partial charge in [-0.1, -0.05) is 64.8 Å². The number of allylic oxidation sites excluding steroid dienone is 2. The first-order chi connectivity index (χ1) is 14.3. The van der Waals surface area contributed by atoms with Gasteiger partial charge in [0.2, 0.25) is 0 Å². The Morgan fingerprint density at radius 2 is 1.73 bits per heavy atom. The third kappa shape index (κ3) is 6.36. The lowest BCUT2D eigenvalue weighted by Crippen LogP contribution is -2.50. The van der Waals surface area contributed by atoms with Crippen molar-refractivity contribution in [2.75, 3.05) is 6.54 Å². The lowest BCUT2D eigenvalue weighted by Gasteiger charge is -2.33. The fraction of sp³-hybridized carbons (Fsp3) is 0.615. The molecule has 0 aliphatic heterocycles. The largest absolute Gasteiger partial charge is 0.508 e. The molecular formula is C26H42N2O2. The van der Waals surface area contributed by atoms with Crippen LogP contribution >= 0.6 is 0 Å². The number of phenolic OH excluding ortho intramolecular Hbond substituents is 1. The van der Waals surface area contributed by atoms with E-state index in [1.165, 1.54) is 12.8 Å². The molecule has 1 aromatic rings. The first-order valence-corrected chi connectivity index (χ1v) is 11.6. The van der Waals surface area contributed by atoms with Gasteiger partial charge in [-0.2, -0.15) is 0 Å². The van der Waals surface area contributed by atoms with Gasteiger partial charge >= 0.3 is 0 Å². The maximum atomic E-state index is 10.6. The van der Waals surface area contributed by atoms with Gasteiger partial charge in [0.25, 0.3) is 0 Å². The Kier molecular flexibility index (Phi) is 9.44. The summed E-state index contributed by atoms with van der Waals surface area (Å²) in [5.41, 5.74) is 3.97. The minimum atomic E-state index is 0.309. The van der Waals surface area contributed by atoms with E-state index in [9.17, 15) is 10.2 Å². The third-order valence-electron chi connectivity index (χ3n) is 6.33. The van der Waals surface area contributed by atoms with Crippen LogP contribution in [0.15, 0.2) is 41.2 Å². The molecule has 1 aliphatic carbocycles. The highest BCUT2D eigenvalue weighted by molar-refractivity contribution is 5.42. The molecule has 1 fully saturated rings. The zero-order chi connectivity index (χ0) is 22.3. The molecule has 1 aliphatic rings. The number of para-hydroxylation sites is 1. The average Bonchev–Trinajstić information content (AvgIpc) is 2.71. The molecule has 30 heavy (non-hydrogen) atoms. The van der Waals surface area contributed by atoms with Crippen molar-refractivity contribution in [3.05, 3.63) is 52.3 Å². The molecule has 0 saturated heterocycles. The number of rotatable bonds is 9. The summed E-state index contributed by atoms with van der Waals surface area (Å²) in [6.45, 7) is 13.8. The van der Waals surface area contributed by atoms with Crippen molar-refractivity contribution in [3.8, 4) is 5.75 Å². The fourth-order valence-corrected chi connectivity index (χ4v) is 4.44. The van der Waals surface area contributed by atoms with E-state index in [1.54, 1.807) is 0 Å². The number of phenols is 1. The van der Waals surface area contributed by atoms with Crippen LogP contribution in [0.3, 0.4) is 0 Å². The molecule has 0 aromatic heterocycles. The Morgan fingerprint density at radius 1 is 1.10 bits per heavy atom. The van der Waals surface area contributed by atoms with Crippen LogP contribution in [0.5, 0.6) is 5.75 Å². The average molecular weight is 415 g/mol. The molecule has 1 aromatic carbocycles. The summed E-state index contributed by atoms with van der Waals surface area (Å²) in [6.07, 6.45) is 6.72. The van der Waals surface area contributed by atoms with Crippen molar-refractivity contribution in [2.45, 2.75) is 91.8 Å². The second-order valence-corrected chi connectivity index (χ2v) is 9.30. The van der Waals surface area contributed by atoms with Gasteiger partial charge in [0.15, 0.2) is 0 Å². The third-order valence-corrected chi connectivity index (χ3v) is 6.33. The van der Waals surface area contributed by atoms with Crippen molar-refractivity contribution in [2.24, 2.45) is 5.92 Å². The number of hydrogen-bond donors (Lipinski definition) is 4. The summed E-state index contributed by atoms with van der Waals surface area (Å²) in [5, 5.41) is 28.6. The van der Waals surface area contributed by atoms with Crippen molar-refractivity contribution in [3.63, 3.8) is 0 Å². The van der Waals surface area contributed by atoms with Crippen LogP contribution in [-0.4, -0.2) is 28.8 Å². The van der Waals surface area contributed by atoms with Crippen LogP contribution < -0.4 is 10.6 Å². The van der Waals surface area contributed by atoms with Crippen LogP contribution in [0.25, 0.3) is 0 Å². The number of aliphatic hydroxyl groups is 1. The number of aliphatic hydroxyl groups excluding tert-OH is 1. The van der Waals surface area contributed by atoms with Crippen molar-refractivity contribution in [1.29, 1.82) is 0 Å². The van der Waals surface area contributed by atoms with Gasteiger partial charge in [-0.05, 0) is 55.2 Å². The molecule has 0 radical (unpaired) electrons. The Hall–Kier alpha value is -1.78. The quantitative estimate of drug-likeness (QED) is 0.298. The molecule has 0 heterocycles. The molecule has 168 valence electrons. The summed E-state index contributed by atoms with van der Waals surface area (Å²) >= 11 is 0. The Labute approximate surface area is 183 Å². The summed E-state index contributed by atoms with van der Waals surface area (Å²) < 4.78 is 0. The first-order valence-electron chi connectivity index (χ1n) is 11.6. The van der Waals surface area contributed by atoms with Gasteiger partial charge in [0.05, 0.1) is 0 Å². The SMILES string of the molecule is C/C=C(\C(O)=C(/C)CN[C@H]1CCCCC1NCc1cccc(C(C)C)c1O)C(C)C. The number of hydrogen-bond acceptors (Lipinski definition) is 4. The van der Waals surface area contributed by atoms with Gasteiger partial charge < -0.3 is 20.8 Å². The molecule has 4 nitrogen and oxygen atoms in total. The standard InChI is InChI=1S/C26H42N2O2/c1-7-21(17(2)3)25(29)19(6)15-27-23-13-8-9-14-24(23)28-16-20-11-10-12-22(18(4)5)26(20)30/h7,10-12,17-18,23-24,27-30H,8-9,13-16H2,1-6H3/b21-7-,25-19-/t23-,24?/m0/s1. The highest BCUT2D eigenvalue weighted by Gasteiger charge is 2.25. The highest BCUT2D eigenvalue weighted by Crippen LogP contribution is 2.29. The molecule has 0 amide bonds. The Morgan fingerprint density at radius 3 is 2.30 bits per heavy atom. The van der Waals surface area contributed by atoms with Crippen LogP contribution in [0, 0.1) is 5.92 Å². The normalized spacial score (nSPS) is 21.3. The monoisotopic (exact) mass is 414 g/mol. The second kappa shape index (κ2) is 11.6. The van der Waals surface area contributed by atoms with E-state index in [-0.39, 0.29) is 0 Å². The van der Waals surface area contributed by atoms with E-state index in [1.807, 2.05) is 38.1 Å². The number of nitrogens with one attached hydrogen (secondary N) is 2. The van der Waals surface area contributed by atoms with Gasteiger partial charge in [0, 0.05) is 30.7 Å². The van der Waals surface area contributed by atoms with E-state index in [2.05, 4.69) is 38.3 Å². The maximum Gasteiger partial charge on any atom is 0.123 e. The van der Waals surface area contributed by atoms with Crippen molar-refractivity contribution < 1.29 is 10.2 Å². The van der Waals surface area contributed by atoms with Gasteiger partial charge in [0.1, 0.15) is 11.5 Å². The molecule has 0 spiro atoms. The summed E-state index contributed by atoms with van der Waals surface area (Å²) in [7, 11) is 0. The lowest BCUT2D eigenvalue weighted by atomic mass is 9.89. The van der Waals surface area contributed by atoms with Crippen LogP contribution in [0.1, 0.15) is 84.3 Å². The molecule has 2 rings (SSSR count). The fourth-order valence-electron chi connectivity index (χ4n) is 4.44. The molecule has 0 bridgehead atoms. The molecule has 4 N–H and O–H groups in total. The molecular weight excluding hydrogens is 372 g/mol. The van der Waals surface area contributed by atoms with E-state index in [0.717, 1.165) is 35.1 Å². The predicted octanol–water partition coefficient (Wildman–Crippen LogP) is 5.94. The van der Waals surface area contributed by atoms with E-state index in [4.69, 9.17) is 0 Å². The summed E-state index contributed by atoms with van der Waals surface area (Å²) in [5.74, 6) is 1.47. The minimum absolute atomic E-state index is 0.309. The number of benzene rings is 1. The van der Waals surface area contributed by atoms with Gasteiger partial charge in [-0.25, -0.2) is 0 Å². The molecule has 2 atom stereocenters. The van der Waals surface area contributed by atoms with Crippen molar-refractivity contribution >= 4 is 0 Å². The second-order valence-electron chi connectivity index (χ2n) is 9.30. The topological polar surface area (TPSA) is 64.5 Å². The van der Waals surface area contributed by atoms with Crippen molar-refractivity contribution in [1.82, 2.24) is 10.6 Å². The van der Waals surface area contributed by atoms with Crippen LogP contribution in [-0.2, 0) is 6.54 Å². The predicted molar refractivity (Wildman–Crippen MR) is 127 cm³/mol. The molecule has 1 unspecified atom stereocenters. The Balaban J connectivity index is 2.01. The van der Waals surface area contributed by atoms with E-state index >= 15 is 0 Å². The Bertz CT molecular complexity index is 749.